The number of hydrogen-bond donors (Lipinski definition) is 3. The van der Waals surface area contributed by atoms with Crippen LogP contribution in [0, 0.1) is 0 Å². The Labute approximate surface area is 102 Å². The summed E-state index contributed by atoms with van der Waals surface area (Å²) < 4.78 is 4.95. The molecular formula is C12H12N4O2. The topological polar surface area (TPSA) is 86.7 Å². The monoisotopic (exact) mass is 244 g/mol. The van der Waals surface area contributed by atoms with Gasteiger partial charge in [0.05, 0.1) is 17.3 Å². The summed E-state index contributed by atoms with van der Waals surface area (Å²) in [6.45, 7) is 2.02. The fourth-order valence-corrected chi connectivity index (χ4v) is 1.88. The number of nitrogens with one attached hydrogen (secondary N) is 3. The van der Waals surface area contributed by atoms with Gasteiger partial charge in [0.1, 0.15) is 0 Å². The number of rotatable bonds is 3. The van der Waals surface area contributed by atoms with E-state index in [1.807, 2.05) is 25.1 Å². The second-order valence-electron chi connectivity index (χ2n) is 4.10. The molecule has 3 aromatic rings. The molecule has 0 saturated carbocycles. The Morgan fingerprint density at radius 1 is 1.39 bits per heavy atom. The molecule has 0 aliphatic rings. The highest BCUT2D eigenvalue weighted by atomic mass is 16.4. The van der Waals surface area contributed by atoms with E-state index >= 15 is 0 Å². The van der Waals surface area contributed by atoms with Gasteiger partial charge in [0.25, 0.3) is 0 Å². The number of H-pyrrole nitrogens is 2. The Bertz CT molecular complexity index is 711. The smallest absolute Gasteiger partial charge is 0.408 e. The molecule has 0 amide bonds. The molecule has 2 aromatic heterocycles. The maximum atomic E-state index is 11.1. The van der Waals surface area contributed by atoms with E-state index in [9.17, 15) is 4.79 Å². The minimum Gasteiger partial charge on any atom is -0.408 e. The van der Waals surface area contributed by atoms with Crippen LogP contribution >= 0.6 is 0 Å². The van der Waals surface area contributed by atoms with E-state index < -0.39 is 5.76 Å². The average Bonchev–Trinajstić information content (AvgIpc) is 2.95. The SMILES string of the molecule is CC(Nc1ccc2oc(=O)[nH]c2c1)c1ccn[nH]1. The van der Waals surface area contributed by atoms with E-state index in [2.05, 4.69) is 20.5 Å². The highest BCUT2D eigenvalue weighted by Gasteiger charge is 2.07. The summed E-state index contributed by atoms with van der Waals surface area (Å²) in [5, 5.41) is 10.1. The summed E-state index contributed by atoms with van der Waals surface area (Å²) in [5.74, 6) is -0.441. The Kier molecular flexibility index (Phi) is 2.40. The van der Waals surface area contributed by atoms with Crippen LogP contribution in [0.2, 0.25) is 0 Å². The summed E-state index contributed by atoms with van der Waals surface area (Å²) in [5.41, 5.74) is 3.14. The average molecular weight is 244 g/mol. The first-order valence-corrected chi connectivity index (χ1v) is 5.61. The van der Waals surface area contributed by atoms with Crippen LogP contribution in [0.25, 0.3) is 11.1 Å². The number of aromatic amines is 2. The molecule has 0 spiro atoms. The van der Waals surface area contributed by atoms with Crippen molar-refractivity contribution in [3.8, 4) is 0 Å². The summed E-state index contributed by atoms with van der Waals surface area (Å²) >= 11 is 0. The van der Waals surface area contributed by atoms with E-state index in [1.54, 1.807) is 12.3 Å². The molecule has 1 atom stereocenters. The maximum Gasteiger partial charge on any atom is 0.417 e. The lowest BCUT2D eigenvalue weighted by atomic mass is 10.2. The van der Waals surface area contributed by atoms with E-state index in [0.29, 0.717) is 11.1 Å². The van der Waals surface area contributed by atoms with Gasteiger partial charge >= 0.3 is 5.76 Å². The third-order valence-electron chi connectivity index (χ3n) is 2.79. The summed E-state index contributed by atoms with van der Waals surface area (Å²) in [4.78, 5) is 13.7. The lowest BCUT2D eigenvalue weighted by Crippen LogP contribution is -2.06. The van der Waals surface area contributed by atoms with Gasteiger partial charge in [-0.2, -0.15) is 5.10 Å². The van der Waals surface area contributed by atoms with Gasteiger partial charge in [-0.15, -0.1) is 0 Å². The van der Waals surface area contributed by atoms with Crippen LogP contribution < -0.4 is 11.1 Å². The standard InChI is InChI=1S/C12H12N4O2/c1-7(9-4-5-13-16-9)14-8-2-3-11-10(6-8)15-12(17)18-11/h2-7,14H,1H3,(H,13,16)(H,15,17). The zero-order chi connectivity index (χ0) is 12.5. The lowest BCUT2D eigenvalue weighted by molar-refractivity contribution is 0.555. The second kappa shape index (κ2) is 4.06. The van der Waals surface area contributed by atoms with Gasteiger partial charge in [-0.1, -0.05) is 0 Å². The molecule has 0 aliphatic carbocycles. The van der Waals surface area contributed by atoms with Crippen LogP contribution in [-0.4, -0.2) is 15.2 Å². The number of benzene rings is 1. The molecule has 6 nitrogen and oxygen atoms in total. The van der Waals surface area contributed by atoms with Crippen LogP contribution in [0.1, 0.15) is 18.7 Å². The van der Waals surface area contributed by atoms with Crippen molar-refractivity contribution in [2.45, 2.75) is 13.0 Å². The molecule has 1 aromatic carbocycles. The highest BCUT2D eigenvalue weighted by molar-refractivity contribution is 5.76. The number of fused-ring (bicyclic) bond motifs is 1. The van der Waals surface area contributed by atoms with Crippen molar-refractivity contribution in [3.63, 3.8) is 0 Å². The first-order valence-electron chi connectivity index (χ1n) is 5.61. The molecule has 1 unspecified atom stereocenters. The van der Waals surface area contributed by atoms with Gasteiger partial charge in [-0.05, 0) is 31.2 Å². The first-order chi connectivity index (χ1) is 8.72. The van der Waals surface area contributed by atoms with Crippen LogP contribution in [0.4, 0.5) is 5.69 Å². The fraction of sp³-hybridized carbons (Fsp3) is 0.167. The van der Waals surface area contributed by atoms with Crippen molar-refractivity contribution in [3.05, 3.63) is 46.7 Å². The maximum absolute atomic E-state index is 11.1. The zero-order valence-electron chi connectivity index (χ0n) is 9.73. The van der Waals surface area contributed by atoms with E-state index in [1.165, 1.54) is 0 Å². The molecule has 6 heteroatoms. The number of hydrogen-bond acceptors (Lipinski definition) is 4. The Morgan fingerprint density at radius 3 is 3.06 bits per heavy atom. The fourth-order valence-electron chi connectivity index (χ4n) is 1.88. The number of nitrogens with zero attached hydrogens (tertiary/aromatic N) is 1. The number of aromatic nitrogens is 3. The number of oxazole rings is 1. The van der Waals surface area contributed by atoms with Crippen molar-refractivity contribution in [1.82, 2.24) is 15.2 Å². The van der Waals surface area contributed by atoms with Crippen LogP contribution in [0.3, 0.4) is 0 Å². The van der Waals surface area contributed by atoms with Crippen molar-refractivity contribution >= 4 is 16.8 Å². The van der Waals surface area contributed by atoms with Crippen LogP contribution in [-0.2, 0) is 0 Å². The molecular weight excluding hydrogens is 232 g/mol. The van der Waals surface area contributed by atoms with Gasteiger partial charge in [-0.3, -0.25) is 10.1 Å². The van der Waals surface area contributed by atoms with E-state index in [0.717, 1.165) is 11.4 Å². The molecule has 3 rings (SSSR count). The van der Waals surface area contributed by atoms with Gasteiger partial charge in [0.15, 0.2) is 5.58 Å². The van der Waals surface area contributed by atoms with Gasteiger partial charge in [0.2, 0.25) is 0 Å². The van der Waals surface area contributed by atoms with Crippen molar-refractivity contribution in [2.24, 2.45) is 0 Å². The summed E-state index contributed by atoms with van der Waals surface area (Å²) in [6.07, 6.45) is 1.71. The predicted octanol–water partition coefficient (Wildman–Crippen LogP) is 2.02. The summed E-state index contributed by atoms with van der Waals surface area (Å²) in [6, 6.07) is 7.48. The minimum absolute atomic E-state index is 0.101. The highest BCUT2D eigenvalue weighted by Crippen LogP contribution is 2.20. The predicted molar refractivity (Wildman–Crippen MR) is 67.5 cm³/mol. The van der Waals surface area contributed by atoms with E-state index in [4.69, 9.17) is 4.42 Å². The first kappa shape index (κ1) is 10.6. The van der Waals surface area contributed by atoms with E-state index in [-0.39, 0.29) is 6.04 Å². The van der Waals surface area contributed by atoms with Gasteiger partial charge in [0, 0.05) is 11.9 Å². The van der Waals surface area contributed by atoms with Gasteiger partial charge in [-0.25, -0.2) is 4.79 Å². The van der Waals surface area contributed by atoms with Gasteiger partial charge < -0.3 is 9.73 Å². The molecule has 92 valence electrons. The largest absolute Gasteiger partial charge is 0.417 e. The normalized spacial score (nSPS) is 12.7. The molecule has 3 N–H and O–H groups in total. The van der Waals surface area contributed by atoms with Crippen LogP contribution in [0.5, 0.6) is 0 Å². The molecule has 0 saturated heterocycles. The molecule has 0 bridgehead atoms. The van der Waals surface area contributed by atoms with Crippen molar-refractivity contribution in [1.29, 1.82) is 0 Å². The Morgan fingerprint density at radius 2 is 2.28 bits per heavy atom. The molecule has 0 radical (unpaired) electrons. The summed E-state index contributed by atoms with van der Waals surface area (Å²) in [7, 11) is 0. The molecule has 18 heavy (non-hydrogen) atoms. The number of anilines is 1. The third kappa shape index (κ3) is 1.88. The zero-order valence-corrected chi connectivity index (χ0v) is 9.73. The van der Waals surface area contributed by atoms with Crippen LogP contribution in [0.15, 0.2) is 39.7 Å². The lowest BCUT2D eigenvalue weighted by Gasteiger charge is -2.13. The van der Waals surface area contributed by atoms with Crippen molar-refractivity contribution < 1.29 is 4.42 Å². The molecule has 2 heterocycles. The minimum atomic E-state index is -0.441. The van der Waals surface area contributed by atoms with Crippen molar-refractivity contribution in [2.75, 3.05) is 5.32 Å². The Balaban J connectivity index is 1.88. The molecule has 0 aliphatic heterocycles. The molecule has 0 fully saturated rings. The Hall–Kier alpha value is -2.50. The third-order valence-corrected chi connectivity index (χ3v) is 2.79. The quantitative estimate of drug-likeness (QED) is 0.657. The second-order valence-corrected chi connectivity index (χ2v) is 4.10.